The van der Waals surface area contributed by atoms with Gasteiger partial charge in [-0.3, -0.25) is 24.2 Å². The molecule has 42 heavy (non-hydrogen) atoms. The average Bonchev–Trinajstić information content (AvgIpc) is 2.95. The van der Waals surface area contributed by atoms with Gasteiger partial charge < -0.3 is 5.32 Å². The average molecular weight is 596 g/mol. The lowest BCUT2D eigenvalue weighted by molar-refractivity contribution is -0.133. The number of aromatic nitrogens is 1. The van der Waals surface area contributed by atoms with Gasteiger partial charge in [0.2, 0.25) is 11.8 Å². The van der Waals surface area contributed by atoms with Gasteiger partial charge in [-0.15, -0.1) is 0 Å². The van der Waals surface area contributed by atoms with Gasteiger partial charge in [-0.05, 0) is 49.2 Å². The molecule has 3 aromatic rings. The van der Waals surface area contributed by atoms with Gasteiger partial charge in [-0.1, -0.05) is 35.9 Å². The van der Waals surface area contributed by atoms with Crippen LogP contribution in [0.1, 0.15) is 49.3 Å². The Morgan fingerprint density at radius 2 is 1.90 bits per heavy atom. The number of nitriles is 1. The lowest BCUT2D eigenvalue weighted by Gasteiger charge is -2.41. The number of benzene rings is 2. The quantitative estimate of drug-likeness (QED) is 0.398. The van der Waals surface area contributed by atoms with Crippen LogP contribution in [-0.2, 0) is 14.4 Å². The molecule has 216 valence electrons. The van der Waals surface area contributed by atoms with Gasteiger partial charge in [0.05, 0.1) is 11.6 Å². The van der Waals surface area contributed by atoms with Crippen molar-refractivity contribution in [2.45, 2.75) is 56.2 Å². The van der Waals surface area contributed by atoms with E-state index in [-0.39, 0.29) is 40.5 Å². The minimum Gasteiger partial charge on any atom is -0.351 e. The van der Waals surface area contributed by atoms with Crippen molar-refractivity contribution in [1.82, 2.24) is 10.3 Å². The Labute approximate surface area is 244 Å². The highest BCUT2D eigenvalue weighted by molar-refractivity contribution is 6.31. The number of nitrogens with zero attached hydrogens (tertiary/aromatic N) is 4. The lowest BCUT2D eigenvalue weighted by atomic mass is 9.87. The number of amides is 3. The maximum Gasteiger partial charge on any atom is 0.252 e. The molecule has 8 nitrogen and oxygen atoms in total. The summed E-state index contributed by atoms with van der Waals surface area (Å²) >= 11 is 6.51. The smallest absolute Gasteiger partial charge is 0.252 e. The number of hydrogen-bond acceptors (Lipinski definition) is 5. The lowest BCUT2D eigenvalue weighted by Crippen LogP contribution is -2.58. The molecule has 2 aromatic carbocycles. The first-order chi connectivity index (χ1) is 20.1. The monoisotopic (exact) mass is 595 g/mol. The predicted molar refractivity (Wildman–Crippen MR) is 148 cm³/mol. The number of anilines is 2. The third-order valence-corrected chi connectivity index (χ3v) is 7.67. The maximum atomic E-state index is 14.6. The van der Waals surface area contributed by atoms with Gasteiger partial charge >= 0.3 is 0 Å². The normalized spacial score (nSPS) is 18.9. The SMILES string of the molecule is N#Cc1ccnc(N2C(=O)CCC[C@H]2C(=O)N(c2cccc(F)c2)C(C(=O)NC2CC(F)(F)C2)c2ccccc2Cl)c1. The van der Waals surface area contributed by atoms with Crippen molar-refractivity contribution in [1.29, 1.82) is 5.26 Å². The summed E-state index contributed by atoms with van der Waals surface area (Å²) in [7, 11) is 0. The van der Waals surface area contributed by atoms with Crippen LogP contribution in [0.3, 0.4) is 0 Å². The molecule has 1 aliphatic heterocycles. The van der Waals surface area contributed by atoms with Gasteiger partial charge in [0, 0.05) is 47.8 Å². The molecule has 1 N–H and O–H groups in total. The summed E-state index contributed by atoms with van der Waals surface area (Å²) in [5.74, 6) is -5.48. The van der Waals surface area contributed by atoms with E-state index < -0.39 is 60.4 Å². The summed E-state index contributed by atoms with van der Waals surface area (Å²) in [6.45, 7) is 0. The number of rotatable bonds is 7. The summed E-state index contributed by atoms with van der Waals surface area (Å²) in [6, 6.07) is 12.6. The fourth-order valence-electron chi connectivity index (χ4n) is 5.34. The maximum absolute atomic E-state index is 14.6. The van der Waals surface area contributed by atoms with E-state index in [1.54, 1.807) is 12.1 Å². The fourth-order valence-corrected chi connectivity index (χ4v) is 5.58. The predicted octanol–water partition coefficient (Wildman–Crippen LogP) is 5.32. The Hall–Kier alpha value is -4.43. The molecular weight excluding hydrogens is 571 g/mol. The Bertz CT molecular complexity index is 1570. The van der Waals surface area contributed by atoms with Gasteiger partial charge in [0.15, 0.2) is 0 Å². The Balaban J connectivity index is 1.62. The Morgan fingerprint density at radius 3 is 2.60 bits per heavy atom. The van der Waals surface area contributed by atoms with E-state index in [1.807, 2.05) is 6.07 Å². The van der Waals surface area contributed by atoms with Crippen LogP contribution >= 0.6 is 11.6 Å². The molecule has 5 rings (SSSR count). The van der Waals surface area contributed by atoms with Crippen molar-refractivity contribution in [2.24, 2.45) is 0 Å². The van der Waals surface area contributed by atoms with Crippen molar-refractivity contribution in [3.05, 3.63) is 88.8 Å². The zero-order chi connectivity index (χ0) is 30.0. The molecule has 2 aliphatic rings. The van der Waals surface area contributed by atoms with E-state index >= 15 is 0 Å². The largest absolute Gasteiger partial charge is 0.351 e. The van der Waals surface area contributed by atoms with Crippen molar-refractivity contribution in [3.63, 3.8) is 0 Å². The topological polar surface area (TPSA) is 106 Å². The van der Waals surface area contributed by atoms with E-state index in [9.17, 15) is 32.8 Å². The van der Waals surface area contributed by atoms with Gasteiger partial charge in [0.1, 0.15) is 23.7 Å². The van der Waals surface area contributed by atoms with Crippen LogP contribution in [0, 0.1) is 17.1 Å². The standard InChI is InChI=1S/C30H25ClF3N5O3/c31-23-8-2-1-7-22(23)27(28(41)37-20-15-30(33,34)16-20)38(21-6-3-5-19(32)14-21)29(42)24-9-4-10-26(40)39(24)25-13-18(17-35)11-12-36-25/h1-3,5-8,11-14,20,24,27H,4,9-10,15-16H2,(H,37,41)/t24-,27?/m0/s1. The van der Waals surface area contributed by atoms with E-state index in [2.05, 4.69) is 10.3 Å². The number of halogens is 4. The minimum atomic E-state index is -2.91. The number of pyridine rings is 1. The Kier molecular flexibility index (Phi) is 8.18. The summed E-state index contributed by atoms with van der Waals surface area (Å²) in [6.07, 6.45) is 0.866. The first-order valence-corrected chi connectivity index (χ1v) is 13.7. The summed E-state index contributed by atoms with van der Waals surface area (Å²) < 4.78 is 41.8. The molecule has 0 bridgehead atoms. The number of hydrogen-bond donors (Lipinski definition) is 1. The highest BCUT2D eigenvalue weighted by Gasteiger charge is 2.48. The molecule has 12 heteroatoms. The van der Waals surface area contributed by atoms with Crippen LogP contribution in [0.4, 0.5) is 24.7 Å². The van der Waals surface area contributed by atoms with Crippen LogP contribution in [0.5, 0.6) is 0 Å². The second kappa shape index (κ2) is 11.8. The van der Waals surface area contributed by atoms with Crippen LogP contribution in [-0.4, -0.2) is 40.7 Å². The van der Waals surface area contributed by atoms with Crippen LogP contribution < -0.4 is 15.1 Å². The number of carbonyl (C=O) groups is 3. The first-order valence-electron chi connectivity index (χ1n) is 13.3. The first kappa shape index (κ1) is 29.1. The Morgan fingerprint density at radius 1 is 1.14 bits per heavy atom. The van der Waals surface area contributed by atoms with Crippen molar-refractivity contribution < 1.29 is 27.6 Å². The molecule has 0 radical (unpaired) electrons. The van der Waals surface area contributed by atoms with E-state index in [0.29, 0.717) is 6.42 Å². The molecule has 1 aliphatic carbocycles. The summed E-state index contributed by atoms with van der Waals surface area (Å²) in [5.41, 5.74) is 0.395. The van der Waals surface area contributed by atoms with Crippen LogP contribution in [0.2, 0.25) is 5.02 Å². The molecule has 1 saturated heterocycles. The number of piperidine rings is 1. The molecule has 0 spiro atoms. The zero-order valence-electron chi connectivity index (χ0n) is 22.1. The number of carbonyl (C=O) groups excluding carboxylic acids is 3. The summed E-state index contributed by atoms with van der Waals surface area (Å²) in [4.78, 5) is 48.1. The molecule has 3 amide bonds. The number of nitrogens with one attached hydrogen (secondary N) is 1. The van der Waals surface area contributed by atoms with Crippen molar-refractivity contribution in [3.8, 4) is 6.07 Å². The molecule has 2 fully saturated rings. The van der Waals surface area contributed by atoms with Crippen molar-refractivity contribution in [2.75, 3.05) is 9.80 Å². The molecule has 2 atom stereocenters. The highest BCUT2D eigenvalue weighted by Crippen LogP contribution is 2.39. The minimum absolute atomic E-state index is 0.00397. The number of alkyl halides is 2. The molecule has 1 aromatic heterocycles. The second-order valence-corrected chi connectivity index (χ2v) is 10.7. The molecule has 1 unspecified atom stereocenters. The van der Waals surface area contributed by atoms with E-state index in [0.717, 1.165) is 11.0 Å². The third-order valence-electron chi connectivity index (χ3n) is 7.32. The molecular formula is C30H25ClF3N5O3. The van der Waals surface area contributed by atoms with Crippen LogP contribution in [0.15, 0.2) is 66.9 Å². The second-order valence-electron chi connectivity index (χ2n) is 10.3. The zero-order valence-corrected chi connectivity index (χ0v) is 22.9. The highest BCUT2D eigenvalue weighted by atomic mass is 35.5. The van der Waals surface area contributed by atoms with Crippen molar-refractivity contribution >= 4 is 40.8 Å². The van der Waals surface area contributed by atoms with E-state index in [1.165, 1.54) is 53.6 Å². The molecule has 1 saturated carbocycles. The molecule has 2 heterocycles. The fraction of sp³-hybridized carbons (Fsp3) is 0.300. The van der Waals surface area contributed by atoms with Gasteiger partial charge in [0.25, 0.3) is 11.8 Å². The van der Waals surface area contributed by atoms with Gasteiger partial charge in [-0.2, -0.15) is 5.26 Å². The summed E-state index contributed by atoms with van der Waals surface area (Å²) in [5, 5.41) is 12.1. The third kappa shape index (κ3) is 5.94. The van der Waals surface area contributed by atoms with Gasteiger partial charge in [-0.25, -0.2) is 18.2 Å². The van der Waals surface area contributed by atoms with Crippen LogP contribution in [0.25, 0.3) is 0 Å². The van der Waals surface area contributed by atoms with E-state index in [4.69, 9.17) is 11.6 Å².